The zero-order chi connectivity index (χ0) is 25.9. The Morgan fingerprint density at radius 3 is 2.51 bits per heavy atom. The highest BCUT2D eigenvalue weighted by Crippen LogP contribution is 2.31. The molecule has 0 saturated carbocycles. The first kappa shape index (κ1) is 24.8. The number of rotatable bonds is 7. The van der Waals surface area contributed by atoms with Crippen LogP contribution in [0.15, 0.2) is 40.0 Å². The third kappa shape index (κ3) is 5.74. The van der Waals surface area contributed by atoms with Crippen molar-refractivity contribution in [2.45, 2.75) is 45.6 Å². The average molecular weight is 523 g/mol. The Bertz CT molecular complexity index is 1330. The molecule has 192 valence electrons. The van der Waals surface area contributed by atoms with E-state index < -0.39 is 0 Å². The summed E-state index contributed by atoms with van der Waals surface area (Å²) < 4.78 is 17.6. The van der Waals surface area contributed by atoms with Crippen molar-refractivity contribution >= 4 is 35.0 Å². The van der Waals surface area contributed by atoms with Gasteiger partial charge in [-0.25, -0.2) is 9.97 Å². The SMILES string of the molecule is Cc1c(Oc2ccc(/C=C3\SC(=O)NC3=O)cc2)ncnc1OC1CCN(c2nc(C(C)C)no2)CC1. The van der Waals surface area contributed by atoms with Crippen LogP contribution in [-0.2, 0) is 4.79 Å². The van der Waals surface area contributed by atoms with Gasteiger partial charge in [-0.05, 0) is 42.5 Å². The minimum Gasteiger partial charge on any atom is -0.474 e. The fraction of sp³-hybridized carbons (Fsp3) is 0.360. The van der Waals surface area contributed by atoms with Crippen molar-refractivity contribution in [2.75, 3.05) is 18.0 Å². The largest absolute Gasteiger partial charge is 0.474 e. The van der Waals surface area contributed by atoms with E-state index in [2.05, 4.69) is 30.3 Å². The molecular formula is C25H26N6O5S. The number of ether oxygens (including phenoxy) is 2. The summed E-state index contributed by atoms with van der Waals surface area (Å²) >= 11 is 0.880. The number of nitrogens with one attached hydrogen (secondary N) is 1. The van der Waals surface area contributed by atoms with E-state index in [4.69, 9.17) is 14.0 Å². The molecule has 0 bridgehead atoms. The van der Waals surface area contributed by atoms with Crippen LogP contribution in [0.5, 0.6) is 17.5 Å². The van der Waals surface area contributed by atoms with Gasteiger partial charge in [0.05, 0.1) is 10.5 Å². The summed E-state index contributed by atoms with van der Waals surface area (Å²) in [6.45, 7) is 7.41. The van der Waals surface area contributed by atoms with E-state index in [-0.39, 0.29) is 23.2 Å². The lowest BCUT2D eigenvalue weighted by atomic mass is 10.1. The number of hydrogen-bond acceptors (Lipinski definition) is 11. The number of anilines is 1. The number of aromatic nitrogens is 4. The molecule has 1 N–H and O–H groups in total. The van der Waals surface area contributed by atoms with Crippen LogP contribution in [0.3, 0.4) is 0 Å². The quantitative estimate of drug-likeness (QED) is 0.441. The molecule has 0 atom stereocenters. The highest BCUT2D eigenvalue weighted by molar-refractivity contribution is 8.18. The molecule has 12 heteroatoms. The van der Waals surface area contributed by atoms with E-state index in [0.717, 1.165) is 43.3 Å². The van der Waals surface area contributed by atoms with Crippen molar-refractivity contribution in [3.63, 3.8) is 0 Å². The van der Waals surface area contributed by atoms with Gasteiger partial charge in [-0.2, -0.15) is 4.98 Å². The van der Waals surface area contributed by atoms with Crippen LogP contribution in [0, 0.1) is 6.92 Å². The van der Waals surface area contributed by atoms with Crippen LogP contribution in [0.25, 0.3) is 6.08 Å². The van der Waals surface area contributed by atoms with Crippen molar-refractivity contribution in [3.8, 4) is 17.5 Å². The summed E-state index contributed by atoms with van der Waals surface area (Å²) in [6.07, 6.45) is 4.65. The Morgan fingerprint density at radius 2 is 1.86 bits per heavy atom. The van der Waals surface area contributed by atoms with Gasteiger partial charge in [0.25, 0.3) is 11.1 Å². The molecule has 0 radical (unpaired) electrons. The molecule has 11 nitrogen and oxygen atoms in total. The Labute approximate surface area is 217 Å². The first-order chi connectivity index (χ1) is 17.9. The van der Waals surface area contributed by atoms with Gasteiger partial charge in [0.2, 0.25) is 11.8 Å². The highest BCUT2D eigenvalue weighted by Gasteiger charge is 2.26. The van der Waals surface area contributed by atoms with Gasteiger partial charge in [-0.1, -0.05) is 31.1 Å². The number of imide groups is 1. The second-order valence-corrected chi connectivity index (χ2v) is 10.0. The van der Waals surface area contributed by atoms with Gasteiger partial charge in [0.15, 0.2) is 5.82 Å². The fourth-order valence-corrected chi connectivity index (χ4v) is 4.55. The second-order valence-electron chi connectivity index (χ2n) is 9.03. The first-order valence-corrected chi connectivity index (χ1v) is 12.8. The predicted molar refractivity (Wildman–Crippen MR) is 137 cm³/mol. The number of nitrogens with zero attached hydrogens (tertiary/aromatic N) is 5. The van der Waals surface area contributed by atoms with Crippen LogP contribution in [0.4, 0.5) is 10.8 Å². The summed E-state index contributed by atoms with van der Waals surface area (Å²) in [5.74, 6) is 2.00. The molecule has 2 fully saturated rings. The summed E-state index contributed by atoms with van der Waals surface area (Å²) in [6, 6.07) is 7.69. The molecule has 4 heterocycles. The molecule has 2 aliphatic rings. The lowest BCUT2D eigenvalue weighted by Gasteiger charge is -2.30. The summed E-state index contributed by atoms with van der Waals surface area (Å²) in [7, 11) is 0. The molecule has 2 amide bonds. The maximum atomic E-state index is 11.7. The van der Waals surface area contributed by atoms with Crippen LogP contribution in [0.2, 0.25) is 0 Å². The third-order valence-corrected chi connectivity index (χ3v) is 6.77. The number of carbonyl (C=O) groups is 2. The van der Waals surface area contributed by atoms with E-state index >= 15 is 0 Å². The van der Waals surface area contributed by atoms with Crippen molar-refractivity contribution in [3.05, 3.63) is 52.4 Å². The van der Waals surface area contributed by atoms with E-state index in [0.29, 0.717) is 39.8 Å². The standard InChI is InChI=1S/C25H26N6O5S/c1-14(2)20-28-24(36-30-20)31-10-8-18(9-11-31)35-23-15(3)22(26-13-27-23)34-17-6-4-16(5-7-17)12-19-21(32)29-25(33)37-19/h4-7,12-14,18H,8-11H2,1-3H3,(H,29,32,33)/b19-12-. The number of thioether (sulfide) groups is 1. The van der Waals surface area contributed by atoms with Crippen molar-refractivity contribution < 1.29 is 23.6 Å². The molecule has 3 aromatic rings. The summed E-state index contributed by atoms with van der Waals surface area (Å²) in [4.78, 5) is 38.6. The van der Waals surface area contributed by atoms with E-state index in [1.54, 1.807) is 30.3 Å². The van der Waals surface area contributed by atoms with Crippen LogP contribution in [0.1, 0.15) is 49.6 Å². The molecule has 2 saturated heterocycles. The highest BCUT2D eigenvalue weighted by atomic mass is 32.2. The minimum atomic E-state index is -0.389. The zero-order valence-electron chi connectivity index (χ0n) is 20.6. The monoisotopic (exact) mass is 522 g/mol. The lowest BCUT2D eigenvalue weighted by molar-refractivity contribution is -0.115. The predicted octanol–water partition coefficient (Wildman–Crippen LogP) is 4.46. The maximum Gasteiger partial charge on any atom is 0.324 e. The van der Waals surface area contributed by atoms with Gasteiger partial charge in [-0.3, -0.25) is 14.9 Å². The second kappa shape index (κ2) is 10.6. The molecule has 0 aliphatic carbocycles. The molecule has 0 unspecified atom stereocenters. The Hall–Kier alpha value is -3.93. The van der Waals surface area contributed by atoms with Gasteiger partial charge < -0.3 is 18.9 Å². The van der Waals surface area contributed by atoms with E-state index in [1.807, 2.05) is 20.8 Å². The van der Waals surface area contributed by atoms with Crippen molar-refractivity contribution in [1.29, 1.82) is 0 Å². The van der Waals surface area contributed by atoms with E-state index in [1.165, 1.54) is 6.33 Å². The number of benzene rings is 1. The molecule has 1 aromatic carbocycles. The topological polar surface area (TPSA) is 133 Å². The van der Waals surface area contributed by atoms with E-state index in [9.17, 15) is 9.59 Å². The fourth-order valence-electron chi connectivity index (χ4n) is 3.87. The van der Waals surface area contributed by atoms with Gasteiger partial charge in [-0.15, -0.1) is 0 Å². The first-order valence-electron chi connectivity index (χ1n) is 12.0. The average Bonchev–Trinajstić information content (AvgIpc) is 3.50. The zero-order valence-corrected chi connectivity index (χ0v) is 21.4. The maximum absolute atomic E-state index is 11.7. The normalized spacial score (nSPS) is 17.5. The minimum absolute atomic E-state index is 0.00458. The van der Waals surface area contributed by atoms with Crippen molar-refractivity contribution in [1.82, 2.24) is 25.4 Å². The summed E-state index contributed by atoms with van der Waals surface area (Å²) in [5, 5.41) is 5.92. The smallest absolute Gasteiger partial charge is 0.324 e. The van der Waals surface area contributed by atoms with Gasteiger partial charge >= 0.3 is 6.01 Å². The van der Waals surface area contributed by atoms with Crippen LogP contribution >= 0.6 is 11.8 Å². The Kier molecular flexibility index (Phi) is 7.08. The van der Waals surface area contributed by atoms with Gasteiger partial charge in [0, 0.05) is 31.8 Å². The Morgan fingerprint density at radius 1 is 1.14 bits per heavy atom. The number of carbonyl (C=O) groups excluding carboxylic acids is 2. The molecule has 37 heavy (non-hydrogen) atoms. The van der Waals surface area contributed by atoms with Crippen LogP contribution in [-0.4, -0.2) is 50.4 Å². The lowest BCUT2D eigenvalue weighted by Crippen LogP contribution is -2.38. The van der Waals surface area contributed by atoms with Crippen molar-refractivity contribution in [2.24, 2.45) is 0 Å². The molecule has 0 spiro atoms. The molecular weight excluding hydrogens is 496 g/mol. The molecule has 2 aromatic heterocycles. The number of piperidine rings is 1. The summed E-state index contributed by atoms with van der Waals surface area (Å²) in [5.41, 5.74) is 1.47. The van der Waals surface area contributed by atoms with Gasteiger partial charge in [0.1, 0.15) is 18.2 Å². The number of hydrogen-bond donors (Lipinski definition) is 1. The Balaban J connectivity index is 1.19. The molecule has 5 rings (SSSR count). The number of amides is 2. The van der Waals surface area contributed by atoms with Crippen LogP contribution < -0.4 is 19.7 Å². The third-order valence-electron chi connectivity index (χ3n) is 5.96. The molecule has 2 aliphatic heterocycles.